The molecule has 1 aromatic carbocycles. The molecule has 0 spiro atoms. The molecule has 1 aromatic rings. The number of hydrogen-bond donors (Lipinski definition) is 2. The zero-order valence-corrected chi connectivity index (χ0v) is 13.3. The van der Waals surface area contributed by atoms with Gasteiger partial charge >= 0.3 is 0 Å². The second kappa shape index (κ2) is 6.74. The summed E-state index contributed by atoms with van der Waals surface area (Å²) in [6.45, 7) is 6.23. The summed E-state index contributed by atoms with van der Waals surface area (Å²) in [6.07, 6.45) is 0.0322. The predicted octanol–water partition coefficient (Wildman–Crippen LogP) is 0.537. The van der Waals surface area contributed by atoms with E-state index in [0.29, 0.717) is 13.2 Å². The molecular formula is C14H23N3O3S. The number of sulfonamides is 1. The third-order valence-electron chi connectivity index (χ3n) is 3.30. The van der Waals surface area contributed by atoms with Crippen molar-refractivity contribution in [3.63, 3.8) is 0 Å². The number of ether oxygens (including phenoxy) is 1. The van der Waals surface area contributed by atoms with Crippen LogP contribution in [-0.2, 0) is 14.8 Å². The van der Waals surface area contributed by atoms with Crippen LogP contribution in [0, 0.1) is 0 Å². The maximum atomic E-state index is 12.1. The van der Waals surface area contributed by atoms with Crippen molar-refractivity contribution in [2.24, 2.45) is 5.73 Å². The molecule has 0 aromatic heterocycles. The zero-order chi connectivity index (χ0) is 15.5. The van der Waals surface area contributed by atoms with Crippen LogP contribution in [-0.4, -0.2) is 46.8 Å². The van der Waals surface area contributed by atoms with Gasteiger partial charge in [0.2, 0.25) is 10.0 Å². The fourth-order valence-corrected chi connectivity index (χ4v) is 3.56. The number of hydrogen-bond acceptors (Lipinski definition) is 5. The van der Waals surface area contributed by atoms with Crippen LogP contribution in [0.4, 0.5) is 5.69 Å². The van der Waals surface area contributed by atoms with Crippen molar-refractivity contribution in [1.82, 2.24) is 4.72 Å². The van der Waals surface area contributed by atoms with Crippen molar-refractivity contribution in [2.45, 2.75) is 30.9 Å². The van der Waals surface area contributed by atoms with E-state index in [1.807, 2.05) is 12.1 Å². The van der Waals surface area contributed by atoms with E-state index in [1.165, 1.54) is 0 Å². The van der Waals surface area contributed by atoms with E-state index in [2.05, 4.69) is 9.62 Å². The summed E-state index contributed by atoms with van der Waals surface area (Å²) in [5.41, 5.74) is 6.62. The predicted molar refractivity (Wildman–Crippen MR) is 82.9 cm³/mol. The van der Waals surface area contributed by atoms with Crippen molar-refractivity contribution in [3.8, 4) is 0 Å². The minimum Gasteiger partial charge on any atom is -0.373 e. The number of morpholine rings is 1. The molecule has 118 valence electrons. The van der Waals surface area contributed by atoms with E-state index >= 15 is 0 Å². The van der Waals surface area contributed by atoms with Crippen molar-refractivity contribution >= 4 is 15.7 Å². The van der Waals surface area contributed by atoms with Gasteiger partial charge in [0.05, 0.1) is 17.6 Å². The molecule has 1 saturated heterocycles. The van der Waals surface area contributed by atoms with Crippen LogP contribution in [0.1, 0.15) is 13.8 Å². The van der Waals surface area contributed by atoms with Crippen LogP contribution in [0.5, 0.6) is 0 Å². The Balaban J connectivity index is 2.12. The van der Waals surface area contributed by atoms with E-state index in [-0.39, 0.29) is 17.0 Å². The second-order valence-electron chi connectivity index (χ2n) is 5.44. The van der Waals surface area contributed by atoms with Gasteiger partial charge in [0, 0.05) is 31.4 Å². The first-order valence-electron chi connectivity index (χ1n) is 7.11. The Morgan fingerprint density at radius 3 is 2.62 bits per heavy atom. The quantitative estimate of drug-likeness (QED) is 0.829. The zero-order valence-electron chi connectivity index (χ0n) is 12.5. The van der Waals surface area contributed by atoms with E-state index < -0.39 is 10.0 Å². The topological polar surface area (TPSA) is 84.7 Å². The number of nitrogens with two attached hydrogens (primary N) is 1. The van der Waals surface area contributed by atoms with Gasteiger partial charge in [-0.2, -0.15) is 0 Å². The lowest BCUT2D eigenvalue weighted by Crippen LogP contribution is -2.45. The van der Waals surface area contributed by atoms with Gasteiger partial charge in [-0.15, -0.1) is 0 Å². The lowest BCUT2D eigenvalue weighted by Gasteiger charge is -2.34. The molecule has 1 atom stereocenters. The Bertz CT molecular complexity index is 557. The van der Waals surface area contributed by atoms with E-state index in [0.717, 1.165) is 18.8 Å². The highest BCUT2D eigenvalue weighted by atomic mass is 32.2. The monoisotopic (exact) mass is 313 g/mol. The lowest BCUT2D eigenvalue weighted by atomic mass is 10.2. The molecule has 1 aliphatic heterocycles. The van der Waals surface area contributed by atoms with Crippen molar-refractivity contribution in [1.29, 1.82) is 0 Å². The molecule has 0 aliphatic carbocycles. The number of benzene rings is 1. The molecule has 0 amide bonds. The first-order valence-corrected chi connectivity index (χ1v) is 8.59. The molecule has 1 unspecified atom stereocenters. The molecule has 7 heteroatoms. The molecule has 1 fully saturated rings. The average molecular weight is 313 g/mol. The van der Waals surface area contributed by atoms with Gasteiger partial charge in [-0.25, -0.2) is 13.1 Å². The van der Waals surface area contributed by atoms with Gasteiger partial charge in [0.15, 0.2) is 0 Å². The molecule has 2 rings (SSSR count). The van der Waals surface area contributed by atoms with Crippen molar-refractivity contribution in [2.75, 3.05) is 31.1 Å². The molecule has 21 heavy (non-hydrogen) atoms. The summed E-state index contributed by atoms with van der Waals surface area (Å²) >= 11 is 0. The molecule has 0 radical (unpaired) electrons. The van der Waals surface area contributed by atoms with Crippen molar-refractivity contribution in [3.05, 3.63) is 24.3 Å². The lowest BCUT2D eigenvalue weighted by molar-refractivity contribution is 0.0466. The summed E-state index contributed by atoms with van der Waals surface area (Å²) in [7, 11) is -3.44. The average Bonchev–Trinajstić information content (AvgIpc) is 2.46. The minimum atomic E-state index is -3.44. The Labute approximate surface area is 126 Å². The third-order valence-corrected chi connectivity index (χ3v) is 4.98. The summed E-state index contributed by atoms with van der Waals surface area (Å²) in [4.78, 5) is 2.44. The number of rotatable bonds is 5. The molecule has 1 aliphatic rings. The molecule has 3 N–H and O–H groups in total. The highest BCUT2D eigenvalue weighted by Crippen LogP contribution is 2.20. The van der Waals surface area contributed by atoms with Gasteiger partial charge in [-0.1, -0.05) is 0 Å². The largest absolute Gasteiger partial charge is 0.373 e. The van der Waals surface area contributed by atoms with Gasteiger partial charge in [-0.3, -0.25) is 0 Å². The SMILES string of the molecule is CC(C)NS(=O)(=O)c1ccc(N2CCOC(CN)C2)cc1. The van der Waals surface area contributed by atoms with E-state index in [1.54, 1.807) is 26.0 Å². The highest BCUT2D eigenvalue weighted by molar-refractivity contribution is 7.89. The third kappa shape index (κ3) is 4.16. The van der Waals surface area contributed by atoms with Crippen LogP contribution in [0.2, 0.25) is 0 Å². The van der Waals surface area contributed by atoms with Gasteiger partial charge in [0.25, 0.3) is 0 Å². The van der Waals surface area contributed by atoms with Crippen LogP contribution >= 0.6 is 0 Å². The standard InChI is InChI=1S/C14H23N3O3S/c1-11(2)16-21(18,19)14-5-3-12(4-6-14)17-7-8-20-13(9-15)10-17/h3-6,11,13,16H,7-10,15H2,1-2H3. The summed E-state index contributed by atoms with van der Waals surface area (Å²) in [6, 6.07) is 6.79. The Morgan fingerprint density at radius 2 is 2.05 bits per heavy atom. The number of anilines is 1. The fourth-order valence-electron chi connectivity index (χ4n) is 2.31. The summed E-state index contributed by atoms with van der Waals surface area (Å²) in [5.74, 6) is 0. The minimum absolute atomic E-state index is 0.0322. The van der Waals surface area contributed by atoms with Gasteiger partial charge in [0.1, 0.15) is 0 Å². The Kier molecular flexibility index (Phi) is 5.21. The number of nitrogens with zero attached hydrogens (tertiary/aromatic N) is 1. The van der Waals surface area contributed by atoms with E-state index in [9.17, 15) is 8.42 Å². The highest BCUT2D eigenvalue weighted by Gasteiger charge is 2.20. The summed E-state index contributed by atoms with van der Waals surface area (Å²) in [5, 5.41) is 0. The fraction of sp³-hybridized carbons (Fsp3) is 0.571. The van der Waals surface area contributed by atoms with Crippen LogP contribution in [0.3, 0.4) is 0 Å². The maximum Gasteiger partial charge on any atom is 0.240 e. The Hall–Kier alpha value is -1.15. The smallest absolute Gasteiger partial charge is 0.240 e. The molecule has 1 heterocycles. The van der Waals surface area contributed by atoms with Crippen LogP contribution in [0.15, 0.2) is 29.2 Å². The Morgan fingerprint density at radius 1 is 1.38 bits per heavy atom. The first-order chi connectivity index (χ1) is 9.92. The maximum absolute atomic E-state index is 12.1. The summed E-state index contributed by atoms with van der Waals surface area (Å²) < 4.78 is 32.2. The molecule has 0 saturated carbocycles. The van der Waals surface area contributed by atoms with Crippen LogP contribution < -0.4 is 15.4 Å². The number of nitrogens with one attached hydrogen (secondary N) is 1. The van der Waals surface area contributed by atoms with Crippen molar-refractivity contribution < 1.29 is 13.2 Å². The van der Waals surface area contributed by atoms with Crippen LogP contribution in [0.25, 0.3) is 0 Å². The van der Waals surface area contributed by atoms with Gasteiger partial charge < -0.3 is 15.4 Å². The first kappa shape index (κ1) is 16.2. The molecule has 0 bridgehead atoms. The second-order valence-corrected chi connectivity index (χ2v) is 7.16. The van der Waals surface area contributed by atoms with E-state index in [4.69, 9.17) is 10.5 Å². The van der Waals surface area contributed by atoms with Gasteiger partial charge in [-0.05, 0) is 38.1 Å². The normalized spacial score (nSPS) is 20.0. The molecule has 6 nitrogen and oxygen atoms in total. The molecular weight excluding hydrogens is 290 g/mol.